The summed E-state index contributed by atoms with van der Waals surface area (Å²) in [6, 6.07) is 0. The second kappa shape index (κ2) is 8.35. The fourth-order valence-electron chi connectivity index (χ4n) is 3.74. The second-order valence-electron chi connectivity index (χ2n) is 7.90. The number of rotatable bonds is 5. The van der Waals surface area contributed by atoms with Crippen molar-refractivity contribution in [3.05, 3.63) is 11.6 Å². The minimum Gasteiger partial charge on any atom is -0.379 e. The highest BCUT2D eigenvalue weighted by molar-refractivity contribution is 5.79. The van der Waals surface area contributed by atoms with E-state index in [1.807, 2.05) is 14.0 Å². The summed E-state index contributed by atoms with van der Waals surface area (Å²) in [7, 11) is 1.83. The van der Waals surface area contributed by atoms with E-state index in [2.05, 4.69) is 49.1 Å². The molecule has 0 aromatic carbocycles. The molecule has 2 aliphatic rings. The molecule has 0 aliphatic carbocycles. The van der Waals surface area contributed by atoms with Gasteiger partial charge in [0.25, 0.3) is 0 Å². The van der Waals surface area contributed by atoms with Crippen LogP contribution < -0.4 is 10.6 Å². The lowest BCUT2D eigenvalue weighted by molar-refractivity contribution is -0.00834. The molecule has 1 aromatic heterocycles. The van der Waals surface area contributed by atoms with Crippen LogP contribution in [0.15, 0.2) is 4.99 Å². The van der Waals surface area contributed by atoms with E-state index in [0.29, 0.717) is 5.92 Å². The van der Waals surface area contributed by atoms with E-state index in [-0.39, 0.29) is 5.54 Å². The van der Waals surface area contributed by atoms with Gasteiger partial charge in [-0.25, -0.2) is 0 Å². The van der Waals surface area contributed by atoms with Crippen LogP contribution in [0, 0.1) is 12.8 Å². The van der Waals surface area contributed by atoms with E-state index in [1.54, 1.807) is 0 Å². The van der Waals surface area contributed by atoms with Crippen molar-refractivity contribution in [3.63, 3.8) is 0 Å². The molecule has 3 rings (SSSR count). The third-order valence-electron chi connectivity index (χ3n) is 5.57. The summed E-state index contributed by atoms with van der Waals surface area (Å²) >= 11 is 0. The molecule has 0 bridgehead atoms. The van der Waals surface area contributed by atoms with Gasteiger partial charge in [0.1, 0.15) is 11.6 Å². The van der Waals surface area contributed by atoms with Gasteiger partial charge in [-0.3, -0.25) is 9.89 Å². The van der Waals surface area contributed by atoms with Crippen LogP contribution in [0.3, 0.4) is 0 Å². The summed E-state index contributed by atoms with van der Waals surface area (Å²) in [4.78, 5) is 6.87. The van der Waals surface area contributed by atoms with Crippen molar-refractivity contribution in [3.8, 4) is 0 Å². The van der Waals surface area contributed by atoms with Crippen molar-refractivity contribution in [2.45, 2.75) is 45.7 Å². The Morgan fingerprint density at radius 1 is 1.27 bits per heavy atom. The molecule has 26 heavy (non-hydrogen) atoms. The Bertz CT molecular complexity index is 619. The Morgan fingerprint density at radius 3 is 2.77 bits per heavy atom. The summed E-state index contributed by atoms with van der Waals surface area (Å²) in [5.41, 5.74) is 0.0702. The first-order valence-corrected chi connectivity index (χ1v) is 9.65. The van der Waals surface area contributed by atoms with Crippen LogP contribution in [0.25, 0.3) is 0 Å². The zero-order chi connectivity index (χ0) is 18.6. The molecule has 1 atom stereocenters. The Labute approximate surface area is 156 Å². The number of morpholine rings is 1. The Balaban J connectivity index is 1.46. The van der Waals surface area contributed by atoms with E-state index in [9.17, 15) is 0 Å². The number of hydrogen-bond donors (Lipinski definition) is 2. The van der Waals surface area contributed by atoms with Gasteiger partial charge in [0.05, 0.1) is 13.2 Å². The number of nitrogens with zero attached hydrogens (tertiary/aromatic N) is 5. The van der Waals surface area contributed by atoms with Crippen molar-refractivity contribution in [2.75, 3.05) is 46.4 Å². The third kappa shape index (κ3) is 4.54. The fourth-order valence-corrected chi connectivity index (χ4v) is 3.74. The van der Waals surface area contributed by atoms with Crippen molar-refractivity contribution in [1.29, 1.82) is 0 Å². The van der Waals surface area contributed by atoms with Crippen LogP contribution in [-0.4, -0.2) is 77.6 Å². The maximum atomic E-state index is 5.47. The topological polar surface area (TPSA) is 79.6 Å². The number of nitrogens with one attached hydrogen (secondary N) is 2. The van der Waals surface area contributed by atoms with Gasteiger partial charge in [0.15, 0.2) is 5.96 Å². The monoisotopic (exact) mass is 363 g/mol. The molecule has 1 unspecified atom stereocenters. The molecule has 8 nitrogen and oxygen atoms in total. The summed E-state index contributed by atoms with van der Waals surface area (Å²) < 4.78 is 7.71. The minimum absolute atomic E-state index is 0.0702. The lowest BCUT2D eigenvalue weighted by Gasteiger charge is -2.41. The molecule has 2 aliphatic heterocycles. The van der Waals surface area contributed by atoms with Crippen molar-refractivity contribution < 1.29 is 4.74 Å². The average molecular weight is 364 g/mol. The van der Waals surface area contributed by atoms with E-state index in [4.69, 9.17) is 4.74 Å². The van der Waals surface area contributed by atoms with E-state index < -0.39 is 0 Å². The molecule has 2 N–H and O–H groups in total. The third-order valence-corrected chi connectivity index (χ3v) is 5.57. The van der Waals surface area contributed by atoms with E-state index >= 15 is 0 Å². The van der Waals surface area contributed by atoms with Crippen LogP contribution in [0.5, 0.6) is 0 Å². The maximum absolute atomic E-state index is 5.47. The molecular weight excluding hydrogens is 330 g/mol. The van der Waals surface area contributed by atoms with Gasteiger partial charge in [-0.05, 0) is 33.1 Å². The minimum atomic E-state index is 0.0702. The number of aryl methyl sites for hydroxylation is 2. The Morgan fingerprint density at radius 2 is 2.04 bits per heavy atom. The molecule has 0 saturated carbocycles. The van der Waals surface area contributed by atoms with Gasteiger partial charge in [0, 0.05) is 51.7 Å². The summed E-state index contributed by atoms with van der Waals surface area (Å²) in [5.74, 6) is 3.58. The maximum Gasteiger partial charge on any atom is 0.191 e. The van der Waals surface area contributed by atoms with Gasteiger partial charge in [-0.1, -0.05) is 0 Å². The first-order chi connectivity index (χ1) is 12.5. The summed E-state index contributed by atoms with van der Waals surface area (Å²) in [6.07, 6.45) is 2.14. The zero-order valence-corrected chi connectivity index (χ0v) is 16.6. The molecule has 146 valence electrons. The highest BCUT2D eigenvalue weighted by Crippen LogP contribution is 2.19. The van der Waals surface area contributed by atoms with Gasteiger partial charge in [0.2, 0.25) is 0 Å². The van der Waals surface area contributed by atoms with Crippen LogP contribution >= 0.6 is 0 Å². The molecular formula is C18H33N7O. The molecule has 0 spiro atoms. The first kappa shape index (κ1) is 19.1. The number of ether oxygens (including phenoxy) is 1. The number of guanidine groups is 1. The molecule has 1 saturated heterocycles. The first-order valence-electron chi connectivity index (χ1n) is 9.65. The summed E-state index contributed by atoms with van der Waals surface area (Å²) in [6.45, 7) is 12.9. The molecule has 8 heteroatoms. The van der Waals surface area contributed by atoms with Gasteiger partial charge >= 0.3 is 0 Å². The Hall–Kier alpha value is -1.67. The lowest BCUT2D eigenvalue weighted by atomic mass is 9.99. The number of fused-ring (bicyclic) bond motifs is 1. The average Bonchev–Trinajstić information content (AvgIpc) is 3.03. The van der Waals surface area contributed by atoms with Gasteiger partial charge in [-0.2, -0.15) is 0 Å². The second-order valence-corrected chi connectivity index (χ2v) is 7.90. The fraction of sp³-hybridized carbons (Fsp3) is 0.833. The molecule has 3 heterocycles. The van der Waals surface area contributed by atoms with Crippen LogP contribution in [0.2, 0.25) is 0 Å². The standard InChI is InChI=1S/C18H33N7O/c1-14-22-23-16-6-5-15(12-25(14)16)11-20-17(19-4)21-13-18(2,3)24-7-9-26-10-8-24/h15H,5-13H2,1-4H3,(H2,19,20,21). The normalized spacial score (nSPS) is 22.2. The lowest BCUT2D eigenvalue weighted by Crippen LogP contribution is -2.56. The molecule has 0 amide bonds. The molecule has 1 aromatic rings. The molecule has 1 fully saturated rings. The highest BCUT2D eigenvalue weighted by atomic mass is 16.5. The number of hydrogen-bond acceptors (Lipinski definition) is 5. The largest absolute Gasteiger partial charge is 0.379 e. The van der Waals surface area contributed by atoms with E-state index in [1.165, 1.54) is 0 Å². The zero-order valence-electron chi connectivity index (χ0n) is 16.6. The van der Waals surface area contributed by atoms with Crippen LogP contribution in [-0.2, 0) is 17.7 Å². The number of aromatic nitrogens is 3. The van der Waals surface area contributed by atoms with Gasteiger partial charge < -0.3 is 19.9 Å². The highest BCUT2D eigenvalue weighted by Gasteiger charge is 2.28. The quantitative estimate of drug-likeness (QED) is 0.583. The van der Waals surface area contributed by atoms with Crippen molar-refractivity contribution >= 4 is 5.96 Å². The SMILES string of the molecule is CN=C(NCC1CCc2nnc(C)n2C1)NCC(C)(C)N1CCOCC1. The van der Waals surface area contributed by atoms with Crippen LogP contribution in [0.4, 0.5) is 0 Å². The van der Waals surface area contributed by atoms with Gasteiger partial charge in [-0.15, -0.1) is 10.2 Å². The van der Waals surface area contributed by atoms with Crippen molar-refractivity contribution in [1.82, 2.24) is 30.3 Å². The summed E-state index contributed by atoms with van der Waals surface area (Å²) in [5, 5.41) is 15.4. The smallest absolute Gasteiger partial charge is 0.191 e. The predicted octanol–water partition coefficient (Wildman–Crippen LogP) is 0.425. The van der Waals surface area contributed by atoms with Crippen molar-refractivity contribution in [2.24, 2.45) is 10.9 Å². The van der Waals surface area contributed by atoms with Crippen LogP contribution in [0.1, 0.15) is 31.9 Å². The predicted molar refractivity (Wildman–Crippen MR) is 102 cm³/mol. The number of aliphatic imine (C=N–C) groups is 1. The van der Waals surface area contributed by atoms with E-state index in [0.717, 1.165) is 76.4 Å². The molecule has 0 radical (unpaired) electrons. The Kier molecular flexibility index (Phi) is 6.13.